The second-order valence-corrected chi connectivity index (χ2v) is 5.32. The average Bonchev–Trinajstić information content (AvgIpc) is 3.16. The third kappa shape index (κ3) is 1.75. The Labute approximate surface area is 126 Å². The molecule has 0 saturated carbocycles. The van der Waals surface area contributed by atoms with Crippen LogP contribution in [0.2, 0.25) is 0 Å². The molecule has 0 N–H and O–H groups in total. The summed E-state index contributed by atoms with van der Waals surface area (Å²) in [7, 11) is 0. The lowest BCUT2D eigenvalue weighted by molar-refractivity contribution is -0.137. The van der Waals surface area contributed by atoms with Gasteiger partial charge < -0.3 is 4.74 Å². The molecule has 5 heteroatoms. The maximum absolute atomic E-state index is 11.8. The minimum atomic E-state index is -0.309. The predicted molar refractivity (Wildman–Crippen MR) is 83.6 cm³/mol. The third-order valence-corrected chi connectivity index (χ3v) is 3.83. The third-order valence-electron chi connectivity index (χ3n) is 3.83. The smallest absolute Gasteiger partial charge is 0.315 e. The summed E-state index contributed by atoms with van der Waals surface area (Å²) in [5, 5.41) is 0. The van der Waals surface area contributed by atoms with Gasteiger partial charge in [0, 0.05) is 0 Å². The van der Waals surface area contributed by atoms with E-state index in [1.54, 1.807) is 0 Å². The van der Waals surface area contributed by atoms with E-state index >= 15 is 0 Å². The molecular weight excluding hydrogens is 278 g/mol. The molecule has 0 fully saturated rings. The van der Waals surface area contributed by atoms with E-state index in [2.05, 4.69) is 38.8 Å². The van der Waals surface area contributed by atoms with Crippen molar-refractivity contribution in [3.8, 4) is 5.69 Å². The molecule has 4 aromatic rings. The highest BCUT2D eigenvalue weighted by atomic mass is 16.5. The number of ether oxygens (including phenoxy) is 1. The maximum atomic E-state index is 11.8. The number of esters is 1. The summed E-state index contributed by atoms with van der Waals surface area (Å²) in [6.07, 6.45) is 1.39. The van der Waals surface area contributed by atoms with Gasteiger partial charge in [-0.2, -0.15) is 4.80 Å². The van der Waals surface area contributed by atoms with E-state index in [-0.39, 0.29) is 12.4 Å². The first kappa shape index (κ1) is 12.8. The summed E-state index contributed by atoms with van der Waals surface area (Å²) in [5.41, 5.74) is 5.41. The first-order valence-electron chi connectivity index (χ1n) is 7.10. The number of hydrogen-bond acceptors (Lipinski definition) is 2. The van der Waals surface area contributed by atoms with Crippen molar-refractivity contribution in [1.82, 2.24) is 14.1 Å². The Kier molecular flexibility index (Phi) is 2.63. The molecule has 0 unspecified atom stereocenters. The molecule has 2 aromatic heterocycles. The SMILES string of the molecule is C=COC(=O)Cc1ccc(C)cc1-n1n2c3ccccc3n12. The Hall–Kier alpha value is -2.95. The van der Waals surface area contributed by atoms with Crippen molar-refractivity contribution in [2.24, 2.45) is 0 Å². The van der Waals surface area contributed by atoms with E-state index in [9.17, 15) is 4.79 Å². The van der Waals surface area contributed by atoms with E-state index in [0.717, 1.165) is 16.8 Å². The van der Waals surface area contributed by atoms with E-state index in [1.807, 2.05) is 31.2 Å². The van der Waals surface area contributed by atoms with Crippen molar-refractivity contribution >= 4 is 17.0 Å². The Bertz CT molecular complexity index is 944. The highest BCUT2D eigenvalue weighted by Gasteiger charge is 2.25. The van der Waals surface area contributed by atoms with Crippen LogP contribution in [0.5, 0.6) is 0 Å². The van der Waals surface area contributed by atoms with Gasteiger partial charge in [0.05, 0.1) is 18.4 Å². The number of rotatable bonds is 4. The zero-order valence-corrected chi connectivity index (χ0v) is 12.2. The minimum absolute atomic E-state index is 0.218. The molecule has 0 radical (unpaired) electrons. The van der Waals surface area contributed by atoms with Crippen LogP contribution in [0.25, 0.3) is 16.7 Å². The van der Waals surface area contributed by atoms with Gasteiger partial charge in [0.25, 0.3) is 0 Å². The fourth-order valence-corrected chi connectivity index (χ4v) is 2.80. The molecule has 110 valence electrons. The van der Waals surface area contributed by atoms with Crippen LogP contribution < -0.4 is 0 Å². The number of hydrogen-bond donors (Lipinski definition) is 0. The van der Waals surface area contributed by atoms with E-state index in [1.165, 1.54) is 17.3 Å². The largest absolute Gasteiger partial charge is 0.435 e. The number of carbonyl (C=O) groups excluding carboxylic acids is 1. The van der Waals surface area contributed by atoms with Crippen LogP contribution in [0, 0.1) is 6.92 Å². The molecular formula is C17H15N3O2. The van der Waals surface area contributed by atoms with Gasteiger partial charge in [-0.15, -0.1) is 9.26 Å². The summed E-state index contributed by atoms with van der Waals surface area (Å²) in [6.45, 7) is 5.46. The van der Waals surface area contributed by atoms with E-state index in [4.69, 9.17) is 4.74 Å². The van der Waals surface area contributed by atoms with Crippen molar-refractivity contribution in [2.75, 3.05) is 0 Å². The summed E-state index contributed by atoms with van der Waals surface area (Å²) < 4.78 is 8.99. The van der Waals surface area contributed by atoms with Crippen LogP contribution in [0.4, 0.5) is 0 Å². The fraction of sp³-hybridized carbons (Fsp3) is 0.118. The topological polar surface area (TPSA) is 40.0 Å². The number of fused-ring (bicyclic) bond motifs is 4. The van der Waals surface area contributed by atoms with Gasteiger partial charge in [0.2, 0.25) is 0 Å². The first-order chi connectivity index (χ1) is 10.7. The Balaban J connectivity index is 1.80. The molecule has 5 nitrogen and oxygen atoms in total. The maximum Gasteiger partial charge on any atom is 0.315 e. The van der Waals surface area contributed by atoms with Gasteiger partial charge in [-0.3, -0.25) is 4.79 Å². The minimum Gasteiger partial charge on any atom is -0.435 e. The van der Waals surface area contributed by atoms with E-state index < -0.39 is 0 Å². The number of carbonyl (C=O) groups is 1. The van der Waals surface area contributed by atoms with Crippen LogP contribution in [-0.2, 0) is 16.0 Å². The molecule has 0 atom stereocenters. The van der Waals surface area contributed by atoms with Crippen molar-refractivity contribution < 1.29 is 9.53 Å². The normalized spacial score (nSPS) is 11.5. The summed E-state index contributed by atoms with van der Waals surface area (Å²) in [4.78, 5) is 13.8. The van der Waals surface area contributed by atoms with Crippen LogP contribution >= 0.6 is 0 Å². The quantitative estimate of drug-likeness (QED) is 0.429. The summed E-state index contributed by atoms with van der Waals surface area (Å²) >= 11 is 0. The van der Waals surface area contributed by atoms with Crippen molar-refractivity contribution in [1.29, 1.82) is 0 Å². The predicted octanol–water partition coefficient (Wildman–Crippen LogP) is 2.96. The number of nitrogens with zero attached hydrogens (tertiary/aromatic N) is 3. The van der Waals surface area contributed by atoms with Gasteiger partial charge in [0.1, 0.15) is 11.0 Å². The second kappa shape index (κ2) is 4.53. The average molecular weight is 293 g/mol. The van der Waals surface area contributed by atoms with Crippen molar-refractivity contribution in [3.05, 3.63) is 66.4 Å². The molecule has 22 heavy (non-hydrogen) atoms. The molecule has 0 bridgehead atoms. The molecule has 0 aliphatic heterocycles. The molecule has 2 aromatic carbocycles. The Morgan fingerprint density at radius 2 is 1.86 bits per heavy atom. The first-order valence-corrected chi connectivity index (χ1v) is 7.10. The second-order valence-electron chi connectivity index (χ2n) is 5.32. The van der Waals surface area contributed by atoms with Gasteiger partial charge in [-0.25, -0.2) is 0 Å². The van der Waals surface area contributed by atoms with Crippen LogP contribution in [0.15, 0.2) is 55.3 Å². The van der Waals surface area contributed by atoms with Crippen molar-refractivity contribution in [3.63, 3.8) is 0 Å². The van der Waals surface area contributed by atoms with Crippen LogP contribution in [-0.4, -0.2) is 20.0 Å². The van der Waals surface area contributed by atoms with Gasteiger partial charge in [-0.1, -0.05) is 30.8 Å². The molecule has 0 spiro atoms. The zero-order valence-electron chi connectivity index (χ0n) is 12.2. The zero-order chi connectivity index (χ0) is 15.3. The highest BCUT2D eigenvalue weighted by Crippen LogP contribution is 2.28. The summed E-state index contributed by atoms with van der Waals surface area (Å²) in [6, 6.07) is 14.2. The Morgan fingerprint density at radius 1 is 1.18 bits per heavy atom. The molecule has 4 rings (SSSR count). The monoisotopic (exact) mass is 293 g/mol. The number of aryl methyl sites for hydroxylation is 1. The molecule has 0 aliphatic carbocycles. The summed E-state index contributed by atoms with van der Waals surface area (Å²) in [5.74, 6) is -0.309. The highest BCUT2D eigenvalue weighted by molar-refractivity contribution is 5.80. The van der Waals surface area contributed by atoms with Gasteiger partial charge >= 0.3 is 5.97 Å². The Morgan fingerprint density at radius 3 is 2.50 bits per heavy atom. The molecule has 0 saturated heterocycles. The lowest BCUT2D eigenvalue weighted by Crippen LogP contribution is -2.06. The van der Waals surface area contributed by atoms with Crippen LogP contribution in [0.1, 0.15) is 11.1 Å². The molecule has 2 heterocycles. The van der Waals surface area contributed by atoms with Crippen LogP contribution in [0.3, 0.4) is 0 Å². The lowest BCUT2D eigenvalue weighted by Gasteiger charge is -2.05. The fourth-order valence-electron chi connectivity index (χ4n) is 2.80. The van der Waals surface area contributed by atoms with Gasteiger partial charge in [-0.05, 0) is 36.2 Å². The van der Waals surface area contributed by atoms with Crippen molar-refractivity contribution in [2.45, 2.75) is 13.3 Å². The molecule has 0 aliphatic rings. The number of benzene rings is 2. The van der Waals surface area contributed by atoms with Gasteiger partial charge in [0.15, 0.2) is 0 Å². The molecule has 0 amide bonds. The number of aromatic nitrogens is 3. The standard InChI is InChI=1S/C17H15N3O2/c1-3-22-17(21)11-13-9-8-12(2)10-16(13)20-18-14-6-4-5-7-15(14)19(18)20/h3-10H,1,11H2,2H3. The lowest BCUT2D eigenvalue weighted by atomic mass is 10.1. The number of para-hydroxylation sites is 2. The van der Waals surface area contributed by atoms with E-state index in [0.29, 0.717) is 0 Å².